The van der Waals surface area contributed by atoms with Gasteiger partial charge in [-0.25, -0.2) is 9.18 Å². The third kappa shape index (κ3) is 4.70. The smallest absolute Gasteiger partial charge is 0.412 e. The fourth-order valence-corrected chi connectivity index (χ4v) is 4.87. The van der Waals surface area contributed by atoms with E-state index < -0.39 is 23.6 Å². The highest BCUT2D eigenvalue weighted by Crippen LogP contribution is 2.43. The van der Waals surface area contributed by atoms with Crippen LogP contribution in [0.5, 0.6) is 0 Å². The lowest BCUT2D eigenvalue weighted by molar-refractivity contribution is -0.139. The van der Waals surface area contributed by atoms with Gasteiger partial charge in [-0.2, -0.15) is 0 Å². The summed E-state index contributed by atoms with van der Waals surface area (Å²) in [4.78, 5) is 26.0. The molecule has 1 spiro atoms. The summed E-state index contributed by atoms with van der Waals surface area (Å²) >= 11 is 12.0. The quantitative estimate of drug-likeness (QED) is 0.559. The number of benzene rings is 2. The number of aliphatic carboxylic acids is 1. The second kappa shape index (κ2) is 9.25. The molecule has 1 unspecified atom stereocenters. The van der Waals surface area contributed by atoms with Crippen molar-refractivity contribution in [2.75, 3.05) is 25.0 Å². The molecule has 1 amide bonds. The molecule has 0 saturated carbocycles. The van der Waals surface area contributed by atoms with Crippen LogP contribution in [0.4, 0.5) is 14.9 Å². The molecule has 2 aliphatic rings. The summed E-state index contributed by atoms with van der Waals surface area (Å²) in [5.74, 6) is -1.94. The van der Waals surface area contributed by atoms with Crippen molar-refractivity contribution >= 4 is 41.0 Å². The van der Waals surface area contributed by atoms with E-state index in [0.717, 1.165) is 0 Å². The number of carbonyl (C=O) groups is 2. The van der Waals surface area contributed by atoms with Crippen LogP contribution in [0.1, 0.15) is 42.7 Å². The Morgan fingerprint density at radius 2 is 1.94 bits per heavy atom. The number of hydrogen-bond acceptors (Lipinski definition) is 4. The third-order valence-electron chi connectivity index (χ3n) is 6.27. The molecular weight excluding hydrogens is 458 g/mol. The lowest BCUT2D eigenvalue weighted by Crippen LogP contribution is -2.48. The lowest BCUT2D eigenvalue weighted by atomic mass is 9.82. The van der Waals surface area contributed by atoms with Gasteiger partial charge in [0, 0.05) is 31.5 Å². The fraction of sp³-hybridized carbons (Fsp3) is 0.391. The van der Waals surface area contributed by atoms with Gasteiger partial charge < -0.3 is 14.7 Å². The Kier molecular flexibility index (Phi) is 6.60. The van der Waals surface area contributed by atoms with E-state index in [0.29, 0.717) is 72.2 Å². The standard InChI is InChI=1S/C23H23Cl2FN2O4/c24-18-5-3-14(12-19(18)25)16(21(29)30)2-1-9-28-10-7-23(8-11-28)17-13-15(26)4-6-20(17)27-22(31)32-23/h3-6,12-13,16H,1-2,7-11H2,(H,27,31)(H,29,30). The maximum Gasteiger partial charge on any atom is 0.412 e. The van der Waals surface area contributed by atoms with Gasteiger partial charge in [-0.3, -0.25) is 10.1 Å². The van der Waals surface area contributed by atoms with E-state index in [2.05, 4.69) is 10.2 Å². The van der Waals surface area contributed by atoms with Gasteiger partial charge in [-0.1, -0.05) is 29.3 Å². The number of carboxylic acid groups (broad SMARTS) is 1. The highest BCUT2D eigenvalue weighted by molar-refractivity contribution is 6.42. The minimum Gasteiger partial charge on any atom is -0.481 e. The molecule has 1 saturated heterocycles. The van der Waals surface area contributed by atoms with Crippen LogP contribution < -0.4 is 5.32 Å². The fourth-order valence-electron chi connectivity index (χ4n) is 4.56. The van der Waals surface area contributed by atoms with E-state index in [9.17, 15) is 19.1 Å². The van der Waals surface area contributed by atoms with Crippen LogP contribution in [-0.4, -0.2) is 41.7 Å². The van der Waals surface area contributed by atoms with Gasteiger partial charge in [-0.05, 0) is 55.3 Å². The first kappa shape index (κ1) is 22.8. The number of nitrogens with zero attached hydrogens (tertiary/aromatic N) is 1. The number of anilines is 1. The van der Waals surface area contributed by atoms with Crippen molar-refractivity contribution in [2.45, 2.75) is 37.2 Å². The van der Waals surface area contributed by atoms with E-state index in [1.807, 2.05) is 0 Å². The van der Waals surface area contributed by atoms with Crippen LogP contribution in [0.3, 0.4) is 0 Å². The predicted octanol–water partition coefficient (Wildman–Crippen LogP) is 5.63. The van der Waals surface area contributed by atoms with Crippen molar-refractivity contribution in [3.63, 3.8) is 0 Å². The van der Waals surface area contributed by atoms with Gasteiger partial charge in [0.2, 0.25) is 0 Å². The van der Waals surface area contributed by atoms with Crippen molar-refractivity contribution in [1.82, 2.24) is 4.90 Å². The molecule has 32 heavy (non-hydrogen) atoms. The molecule has 4 rings (SSSR count). The average molecular weight is 481 g/mol. The van der Waals surface area contributed by atoms with Crippen molar-refractivity contribution in [1.29, 1.82) is 0 Å². The van der Waals surface area contributed by atoms with Crippen LogP contribution >= 0.6 is 23.2 Å². The Labute approximate surface area is 195 Å². The molecule has 0 aliphatic carbocycles. The minimum absolute atomic E-state index is 0.338. The molecule has 2 aliphatic heterocycles. The molecule has 0 aromatic heterocycles. The van der Waals surface area contributed by atoms with Crippen molar-refractivity contribution in [3.8, 4) is 0 Å². The Morgan fingerprint density at radius 3 is 2.62 bits per heavy atom. The van der Waals surface area contributed by atoms with E-state index >= 15 is 0 Å². The molecule has 1 fully saturated rings. The second-order valence-corrected chi connectivity index (χ2v) is 9.06. The Hall–Kier alpha value is -2.35. The van der Waals surface area contributed by atoms with Gasteiger partial charge >= 0.3 is 12.1 Å². The summed E-state index contributed by atoms with van der Waals surface area (Å²) in [7, 11) is 0. The van der Waals surface area contributed by atoms with Crippen LogP contribution in [-0.2, 0) is 15.1 Å². The number of carbonyl (C=O) groups excluding carboxylic acids is 1. The lowest BCUT2D eigenvalue weighted by Gasteiger charge is -2.44. The number of ether oxygens (including phenoxy) is 1. The molecule has 2 N–H and O–H groups in total. The zero-order valence-corrected chi connectivity index (χ0v) is 18.8. The summed E-state index contributed by atoms with van der Waals surface area (Å²) < 4.78 is 19.5. The first-order chi connectivity index (χ1) is 15.3. The van der Waals surface area contributed by atoms with E-state index in [1.165, 1.54) is 12.1 Å². The van der Waals surface area contributed by atoms with Crippen LogP contribution in [0, 0.1) is 5.82 Å². The summed E-state index contributed by atoms with van der Waals surface area (Å²) in [6.45, 7) is 2.03. The number of piperidine rings is 1. The molecule has 9 heteroatoms. The summed E-state index contributed by atoms with van der Waals surface area (Å²) in [5, 5.41) is 13.0. The molecule has 0 bridgehead atoms. The number of hydrogen-bond donors (Lipinski definition) is 2. The molecule has 6 nitrogen and oxygen atoms in total. The Balaban J connectivity index is 1.36. The highest BCUT2D eigenvalue weighted by Gasteiger charge is 2.44. The number of rotatable bonds is 6. The topological polar surface area (TPSA) is 78.9 Å². The number of halogens is 3. The zero-order chi connectivity index (χ0) is 22.9. The minimum atomic E-state index is -0.902. The van der Waals surface area contributed by atoms with Crippen molar-refractivity contribution in [3.05, 3.63) is 63.4 Å². The molecular formula is C23H23Cl2FN2O4. The number of amides is 1. The Bertz CT molecular complexity index is 1040. The van der Waals surface area contributed by atoms with E-state index in [4.69, 9.17) is 27.9 Å². The number of fused-ring (bicyclic) bond motifs is 2. The highest BCUT2D eigenvalue weighted by atomic mass is 35.5. The normalized spacial score (nSPS) is 18.5. The summed E-state index contributed by atoms with van der Waals surface area (Å²) in [6, 6.07) is 9.22. The number of nitrogens with one attached hydrogen (secondary N) is 1. The van der Waals surface area contributed by atoms with E-state index in [-0.39, 0.29) is 5.82 Å². The van der Waals surface area contributed by atoms with Crippen LogP contribution in [0.2, 0.25) is 10.0 Å². The van der Waals surface area contributed by atoms with Gasteiger partial charge in [0.05, 0.1) is 21.7 Å². The maximum atomic E-state index is 13.9. The molecule has 1 atom stereocenters. The Morgan fingerprint density at radius 1 is 1.19 bits per heavy atom. The molecule has 2 aromatic carbocycles. The molecule has 2 heterocycles. The molecule has 0 radical (unpaired) electrons. The zero-order valence-electron chi connectivity index (χ0n) is 17.2. The summed E-state index contributed by atoms with van der Waals surface area (Å²) in [6.07, 6.45) is 1.71. The van der Waals surface area contributed by atoms with Crippen molar-refractivity contribution < 1.29 is 23.8 Å². The second-order valence-electron chi connectivity index (χ2n) is 8.25. The summed E-state index contributed by atoms with van der Waals surface area (Å²) in [5.41, 5.74) is 1.05. The van der Waals surface area contributed by atoms with Gasteiger partial charge in [0.15, 0.2) is 0 Å². The molecule has 170 valence electrons. The SMILES string of the molecule is O=C1Nc2ccc(F)cc2C2(CCN(CCCC(C(=O)O)c3ccc(Cl)c(Cl)c3)CC2)O1. The average Bonchev–Trinajstić information content (AvgIpc) is 2.75. The van der Waals surface area contributed by atoms with Gasteiger partial charge in [0.25, 0.3) is 0 Å². The monoisotopic (exact) mass is 480 g/mol. The third-order valence-corrected chi connectivity index (χ3v) is 7.01. The van der Waals surface area contributed by atoms with Gasteiger partial charge in [-0.15, -0.1) is 0 Å². The predicted molar refractivity (Wildman–Crippen MR) is 120 cm³/mol. The number of carboxylic acids is 1. The van der Waals surface area contributed by atoms with Crippen LogP contribution in [0.25, 0.3) is 0 Å². The largest absolute Gasteiger partial charge is 0.481 e. The first-order valence-electron chi connectivity index (χ1n) is 10.5. The van der Waals surface area contributed by atoms with E-state index in [1.54, 1.807) is 24.3 Å². The molecule has 2 aromatic rings. The van der Waals surface area contributed by atoms with Gasteiger partial charge in [0.1, 0.15) is 11.4 Å². The first-order valence-corrected chi connectivity index (χ1v) is 11.2. The maximum absolute atomic E-state index is 13.9. The van der Waals surface area contributed by atoms with Crippen LogP contribution in [0.15, 0.2) is 36.4 Å². The number of likely N-dealkylation sites (tertiary alicyclic amines) is 1. The van der Waals surface area contributed by atoms with Crippen molar-refractivity contribution in [2.24, 2.45) is 0 Å².